The summed E-state index contributed by atoms with van der Waals surface area (Å²) in [6.07, 6.45) is 0. The van der Waals surface area contributed by atoms with Crippen LogP contribution >= 0.6 is 0 Å². The molecule has 0 aliphatic carbocycles. The van der Waals surface area contributed by atoms with Crippen LogP contribution in [0.3, 0.4) is 0 Å². The number of anilines is 3. The molecule has 10 aromatic rings. The molecule has 264 valence electrons. The zero-order valence-corrected chi connectivity index (χ0v) is 30.1. The monoisotopic (exact) mass is 723 g/mol. The summed E-state index contributed by atoms with van der Waals surface area (Å²) in [7, 11) is 0. The third-order valence-corrected chi connectivity index (χ3v) is 10.1. The molecule has 0 aliphatic rings. The van der Waals surface area contributed by atoms with E-state index in [1.54, 1.807) is 60.7 Å². The van der Waals surface area contributed by atoms with Gasteiger partial charge < -0.3 is 9.32 Å². The van der Waals surface area contributed by atoms with Crippen molar-refractivity contribution in [3.63, 3.8) is 0 Å². The Morgan fingerprint density at radius 1 is 0.321 bits per heavy atom. The largest absolute Gasteiger partial charge is 0.456 e. The lowest BCUT2D eigenvalue weighted by atomic mass is 9.91. The molecule has 0 saturated heterocycles. The lowest BCUT2D eigenvalue weighted by Gasteiger charge is -2.26. The molecule has 2 heteroatoms. The van der Waals surface area contributed by atoms with Gasteiger partial charge in [0, 0.05) is 27.8 Å². The van der Waals surface area contributed by atoms with E-state index in [1.807, 2.05) is 72.8 Å². The van der Waals surface area contributed by atoms with Gasteiger partial charge >= 0.3 is 0 Å². The minimum atomic E-state index is -0.419. The van der Waals surface area contributed by atoms with Crippen LogP contribution in [0.25, 0.3) is 77.6 Å². The number of rotatable bonds is 8. The summed E-state index contributed by atoms with van der Waals surface area (Å²) in [6, 6.07) is 52.5. The van der Waals surface area contributed by atoms with Crippen molar-refractivity contribution < 1.29 is 15.4 Å². The Morgan fingerprint density at radius 3 is 1.50 bits per heavy atom. The Morgan fingerprint density at radius 2 is 0.839 bits per heavy atom. The van der Waals surface area contributed by atoms with Crippen molar-refractivity contribution in [1.29, 1.82) is 0 Å². The van der Waals surface area contributed by atoms with Crippen LogP contribution in [0, 0.1) is 0 Å². The molecule has 0 spiro atoms. The second-order valence-electron chi connectivity index (χ2n) is 13.5. The number of para-hydroxylation sites is 1. The Labute approximate surface area is 338 Å². The fourth-order valence-corrected chi connectivity index (χ4v) is 7.32. The highest BCUT2D eigenvalue weighted by molar-refractivity contribution is 6.12. The average Bonchev–Trinajstić information content (AvgIpc) is 3.73. The molecule has 0 N–H and O–H groups in total. The van der Waals surface area contributed by atoms with Gasteiger partial charge in [0.2, 0.25) is 0 Å². The SMILES string of the molecule is [2H]c1c([2H])c(N(c2ccc(-c3ccc(-c4ccccc4)c(-c4ccccc4)c3)cc2)c2c([2H])c([2H])c(-c3cccc4oc5ccccc5c34)c([2H])c2[2H])c([2H])c([2H])c1-c1ccccc1. The number of fused-ring (bicyclic) bond motifs is 3. The molecule has 0 atom stereocenters. The van der Waals surface area contributed by atoms with E-state index in [1.165, 1.54) is 4.90 Å². The van der Waals surface area contributed by atoms with E-state index >= 15 is 0 Å². The summed E-state index contributed by atoms with van der Waals surface area (Å²) >= 11 is 0. The van der Waals surface area contributed by atoms with Gasteiger partial charge in [-0.2, -0.15) is 0 Å². The van der Waals surface area contributed by atoms with Crippen LogP contribution in [-0.4, -0.2) is 0 Å². The quantitative estimate of drug-likeness (QED) is 0.155. The molecule has 10 rings (SSSR count). The fourth-order valence-electron chi connectivity index (χ4n) is 7.32. The highest BCUT2D eigenvalue weighted by Crippen LogP contribution is 2.41. The molecule has 0 amide bonds. The Kier molecular flexibility index (Phi) is 6.59. The van der Waals surface area contributed by atoms with Gasteiger partial charge in [-0.3, -0.25) is 0 Å². The van der Waals surface area contributed by atoms with E-state index in [4.69, 9.17) is 4.42 Å². The first-order valence-corrected chi connectivity index (χ1v) is 18.4. The number of furan rings is 1. The summed E-state index contributed by atoms with van der Waals surface area (Å²) in [5.41, 5.74) is 8.20. The first-order chi connectivity index (χ1) is 31.1. The molecule has 0 unspecified atom stereocenters. The van der Waals surface area contributed by atoms with Gasteiger partial charge in [-0.05, 0) is 110 Å². The fraction of sp³-hybridized carbons (Fsp3) is 0. The molecule has 0 fully saturated rings. The predicted octanol–water partition coefficient (Wildman–Crippen LogP) is 15.4. The summed E-state index contributed by atoms with van der Waals surface area (Å²) in [5, 5.41) is 1.42. The van der Waals surface area contributed by atoms with Crippen molar-refractivity contribution in [3.8, 4) is 55.6 Å². The molecule has 0 radical (unpaired) electrons. The molecular weight excluding hydrogens is 679 g/mol. The maximum atomic E-state index is 9.61. The minimum absolute atomic E-state index is 0.0679. The predicted molar refractivity (Wildman–Crippen MR) is 236 cm³/mol. The molecule has 56 heavy (non-hydrogen) atoms. The second-order valence-corrected chi connectivity index (χ2v) is 13.5. The van der Waals surface area contributed by atoms with Crippen LogP contribution in [0.2, 0.25) is 0 Å². The Hall–Kier alpha value is -7.42. The van der Waals surface area contributed by atoms with E-state index < -0.39 is 24.2 Å². The number of hydrogen-bond donors (Lipinski definition) is 0. The normalized spacial score (nSPS) is 13.2. The summed E-state index contributed by atoms with van der Waals surface area (Å²) in [5.74, 6) is 0. The number of benzene rings is 9. The van der Waals surface area contributed by atoms with Crippen LogP contribution in [0.1, 0.15) is 11.0 Å². The molecule has 1 heterocycles. The first-order valence-electron chi connectivity index (χ1n) is 22.4. The van der Waals surface area contributed by atoms with Crippen LogP contribution < -0.4 is 4.90 Å². The molecule has 0 bridgehead atoms. The summed E-state index contributed by atoms with van der Waals surface area (Å²) < 4.78 is 81.7. The van der Waals surface area contributed by atoms with Gasteiger partial charge in [-0.1, -0.05) is 170 Å². The van der Waals surface area contributed by atoms with Crippen molar-refractivity contribution in [2.24, 2.45) is 0 Å². The minimum Gasteiger partial charge on any atom is -0.456 e. The van der Waals surface area contributed by atoms with Gasteiger partial charge in [0.15, 0.2) is 0 Å². The molecule has 1 aromatic heterocycles. The van der Waals surface area contributed by atoms with Crippen molar-refractivity contribution in [2.45, 2.75) is 0 Å². The zero-order chi connectivity index (χ0) is 44.2. The smallest absolute Gasteiger partial charge is 0.136 e. The maximum absolute atomic E-state index is 9.61. The van der Waals surface area contributed by atoms with Gasteiger partial charge in [0.25, 0.3) is 0 Å². The zero-order valence-electron chi connectivity index (χ0n) is 38.1. The molecule has 0 saturated carbocycles. The lowest BCUT2D eigenvalue weighted by Crippen LogP contribution is -2.09. The highest BCUT2D eigenvalue weighted by atomic mass is 16.3. The van der Waals surface area contributed by atoms with Gasteiger partial charge in [-0.15, -0.1) is 0 Å². The molecule has 9 aromatic carbocycles. The lowest BCUT2D eigenvalue weighted by molar-refractivity contribution is 0.669. The average molecular weight is 724 g/mol. The summed E-state index contributed by atoms with van der Waals surface area (Å²) in [4.78, 5) is 1.34. The van der Waals surface area contributed by atoms with Crippen LogP contribution in [0.4, 0.5) is 17.1 Å². The van der Waals surface area contributed by atoms with Crippen molar-refractivity contribution in [3.05, 3.63) is 224 Å². The number of hydrogen-bond acceptors (Lipinski definition) is 2. The van der Waals surface area contributed by atoms with Gasteiger partial charge in [0.1, 0.15) is 11.2 Å². The van der Waals surface area contributed by atoms with Gasteiger partial charge in [-0.25, -0.2) is 0 Å². The van der Waals surface area contributed by atoms with Crippen LogP contribution in [0.5, 0.6) is 0 Å². The number of nitrogens with zero attached hydrogens (tertiary/aromatic N) is 1. The standard InChI is InChI=1S/C54H37NO/c1-4-13-38(14-5-1)39-23-30-45(31-24-39)55(47-34-27-43(28-35-47)49-20-12-22-53-54(49)50-19-10-11-21-52(50)56-53)46-32-25-40(26-33-46)44-29-36-48(41-15-6-2-7-16-41)51(37-44)42-17-8-3-9-18-42/h1-37H/i23D,24D,27D,28D,30D,31D,34D,35D. The third-order valence-electron chi connectivity index (χ3n) is 10.1. The first kappa shape index (κ1) is 25.6. The Bertz CT molecular complexity index is 3350. The van der Waals surface area contributed by atoms with Crippen molar-refractivity contribution in [2.75, 3.05) is 4.90 Å². The topological polar surface area (TPSA) is 16.4 Å². The van der Waals surface area contributed by atoms with Crippen molar-refractivity contribution in [1.82, 2.24) is 0 Å². The van der Waals surface area contributed by atoms with Crippen molar-refractivity contribution >= 4 is 39.0 Å². The van der Waals surface area contributed by atoms with E-state index in [0.29, 0.717) is 33.4 Å². The molecular formula is C54H37NO. The van der Waals surface area contributed by atoms with E-state index in [2.05, 4.69) is 42.5 Å². The maximum Gasteiger partial charge on any atom is 0.136 e. The van der Waals surface area contributed by atoms with E-state index in [0.717, 1.165) is 38.8 Å². The van der Waals surface area contributed by atoms with Crippen LogP contribution in [0.15, 0.2) is 229 Å². The van der Waals surface area contributed by atoms with Gasteiger partial charge in [0.05, 0.1) is 11.0 Å². The van der Waals surface area contributed by atoms with Crippen LogP contribution in [-0.2, 0) is 0 Å². The van der Waals surface area contributed by atoms with E-state index in [9.17, 15) is 11.0 Å². The van der Waals surface area contributed by atoms with E-state index in [-0.39, 0.29) is 46.7 Å². The second kappa shape index (κ2) is 14.4. The molecule has 0 aliphatic heterocycles. The Balaban J connectivity index is 1.17. The summed E-state index contributed by atoms with van der Waals surface area (Å²) in [6.45, 7) is 0. The molecule has 2 nitrogen and oxygen atoms in total. The third kappa shape index (κ3) is 6.24. The highest BCUT2D eigenvalue weighted by Gasteiger charge is 2.17.